The molecule has 0 N–H and O–H groups in total. The number of fused-ring (bicyclic) bond motifs is 3. The summed E-state index contributed by atoms with van der Waals surface area (Å²) in [7, 11) is 0. The number of nitrogens with zero attached hydrogens (tertiary/aromatic N) is 1. The SMILES string of the molecule is [Al][n]1c2ccccc2c2cc(-c3cccc(I)c3)ccc21. The van der Waals surface area contributed by atoms with Crippen LogP contribution in [-0.4, -0.2) is 20.1 Å². The van der Waals surface area contributed by atoms with Crippen LogP contribution in [0.2, 0.25) is 0 Å². The zero-order valence-corrected chi connectivity index (χ0v) is 14.6. The van der Waals surface area contributed by atoms with Crippen LogP contribution in [0.4, 0.5) is 0 Å². The van der Waals surface area contributed by atoms with E-state index in [-0.39, 0.29) is 0 Å². The van der Waals surface area contributed by atoms with Gasteiger partial charge >= 0.3 is 16.5 Å². The highest BCUT2D eigenvalue weighted by atomic mass is 127. The summed E-state index contributed by atoms with van der Waals surface area (Å²) in [6.45, 7) is 0. The summed E-state index contributed by atoms with van der Waals surface area (Å²) in [4.78, 5) is 0. The smallest absolute Gasteiger partial charge is 0.318 e. The second kappa shape index (κ2) is 5.17. The lowest BCUT2D eigenvalue weighted by molar-refractivity contribution is 1.39. The van der Waals surface area contributed by atoms with Crippen molar-refractivity contribution in [3.05, 3.63) is 70.3 Å². The molecule has 3 aromatic carbocycles. The van der Waals surface area contributed by atoms with Gasteiger partial charge in [0.05, 0.1) is 0 Å². The third-order valence-corrected chi connectivity index (χ3v) is 5.10. The first-order chi connectivity index (χ1) is 10.2. The summed E-state index contributed by atoms with van der Waals surface area (Å²) < 4.78 is 3.45. The van der Waals surface area contributed by atoms with Crippen LogP contribution in [0, 0.1) is 3.57 Å². The molecule has 0 bridgehead atoms. The Morgan fingerprint density at radius 3 is 2.33 bits per heavy atom. The van der Waals surface area contributed by atoms with Crippen LogP contribution in [-0.2, 0) is 0 Å². The lowest BCUT2D eigenvalue weighted by Gasteiger charge is -2.04. The molecule has 2 radical (unpaired) electrons. The Morgan fingerprint density at radius 1 is 0.714 bits per heavy atom. The molecule has 0 unspecified atom stereocenters. The van der Waals surface area contributed by atoms with E-state index in [1.807, 2.05) is 0 Å². The van der Waals surface area contributed by atoms with E-state index in [0.717, 1.165) is 0 Å². The number of para-hydroxylation sites is 1. The highest BCUT2D eigenvalue weighted by Gasteiger charge is 2.08. The molecule has 0 spiro atoms. The van der Waals surface area contributed by atoms with Crippen LogP contribution in [0.15, 0.2) is 66.7 Å². The predicted molar refractivity (Wildman–Crippen MR) is 98.7 cm³/mol. The van der Waals surface area contributed by atoms with Crippen molar-refractivity contribution < 1.29 is 0 Å². The third kappa shape index (κ3) is 2.21. The molecule has 0 aliphatic heterocycles. The Kier molecular flexibility index (Phi) is 3.30. The number of benzene rings is 3. The Morgan fingerprint density at radius 2 is 1.48 bits per heavy atom. The fourth-order valence-corrected chi connectivity index (χ4v) is 3.84. The minimum absolute atomic E-state index is 1.25. The van der Waals surface area contributed by atoms with Gasteiger partial charge in [0.15, 0.2) is 0 Å². The molecular weight excluding hydrogens is 384 g/mol. The van der Waals surface area contributed by atoms with Gasteiger partial charge in [-0.25, -0.2) is 0 Å². The summed E-state index contributed by atoms with van der Waals surface area (Å²) in [5, 5.41) is 2.60. The maximum absolute atomic E-state index is 2.81. The maximum atomic E-state index is 2.81. The minimum Gasteiger partial charge on any atom is -0.452 e. The summed E-state index contributed by atoms with van der Waals surface area (Å²) in [5.41, 5.74) is 5.03. The summed E-state index contributed by atoms with van der Waals surface area (Å²) in [5.74, 6) is 0. The molecule has 0 amide bonds. The van der Waals surface area contributed by atoms with Gasteiger partial charge in [-0.15, -0.1) is 0 Å². The highest BCUT2D eigenvalue weighted by Crippen LogP contribution is 2.31. The largest absolute Gasteiger partial charge is 0.452 e. The average Bonchev–Trinajstić information content (AvgIpc) is 2.81. The van der Waals surface area contributed by atoms with Crippen molar-refractivity contribution in [1.82, 2.24) is 3.55 Å². The van der Waals surface area contributed by atoms with E-state index in [2.05, 4.69) is 109 Å². The van der Waals surface area contributed by atoms with Crippen molar-refractivity contribution in [3.8, 4) is 11.1 Å². The van der Waals surface area contributed by atoms with Gasteiger partial charge in [0, 0.05) is 25.4 Å². The summed E-state index contributed by atoms with van der Waals surface area (Å²) in [6.07, 6.45) is 0. The van der Waals surface area contributed by atoms with Crippen molar-refractivity contribution in [3.63, 3.8) is 0 Å². The van der Waals surface area contributed by atoms with E-state index in [9.17, 15) is 0 Å². The fraction of sp³-hybridized carbons (Fsp3) is 0. The molecule has 0 saturated carbocycles. The molecule has 1 nitrogen and oxygen atoms in total. The Balaban J connectivity index is 2.04. The van der Waals surface area contributed by atoms with Crippen molar-refractivity contribution in [2.24, 2.45) is 0 Å². The van der Waals surface area contributed by atoms with Gasteiger partial charge in [-0.3, -0.25) is 0 Å². The van der Waals surface area contributed by atoms with Crippen LogP contribution < -0.4 is 0 Å². The maximum Gasteiger partial charge on any atom is 0.318 e. The molecule has 21 heavy (non-hydrogen) atoms. The van der Waals surface area contributed by atoms with Gasteiger partial charge in [0.1, 0.15) is 0 Å². The molecule has 0 saturated heterocycles. The van der Waals surface area contributed by atoms with Crippen molar-refractivity contribution in [2.75, 3.05) is 0 Å². The zero-order valence-electron chi connectivity index (χ0n) is 11.3. The highest BCUT2D eigenvalue weighted by molar-refractivity contribution is 14.1. The topological polar surface area (TPSA) is 4.93 Å². The van der Waals surface area contributed by atoms with Crippen LogP contribution in [0.25, 0.3) is 32.9 Å². The number of rotatable bonds is 1. The van der Waals surface area contributed by atoms with Crippen molar-refractivity contribution >= 4 is 60.9 Å². The molecule has 0 aliphatic rings. The molecule has 1 heterocycles. The second-order valence-electron chi connectivity index (χ2n) is 5.13. The molecule has 0 fully saturated rings. The van der Waals surface area contributed by atoms with Crippen molar-refractivity contribution in [2.45, 2.75) is 0 Å². The van der Waals surface area contributed by atoms with Gasteiger partial charge in [-0.05, 0) is 64.0 Å². The number of aromatic nitrogens is 1. The van der Waals surface area contributed by atoms with Crippen LogP contribution >= 0.6 is 22.6 Å². The van der Waals surface area contributed by atoms with E-state index in [0.29, 0.717) is 0 Å². The molecule has 4 aromatic rings. The number of hydrogen-bond donors (Lipinski definition) is 0. The Bertz CT molecular complexity index is 971. The normalized spacial score (nSPS) is 11.3. The lowest BCUT2D eigenvalue weighted by Crippen LogP contribution is -1.89. The van der Waals surface area contributed by atoms with E-state index >= 15 is 0 Å². The second-order valence-corrected chi connectivity index (χ2v) is 6.89. The Hall–Kier alpha value is -1.28. The first kappa shape index (κ1) is 13.4. The minimum atomic E-state index is 1.25. The molecule has 98 valence electrons. The third-order valence-electron chi connectivity index (χ3n) is 3.87. The van der Waals surface area contributed by atoms with Gasteiger partial charge in [0.2, 0.25) is 0 Å². The van der Waals surface area contributed by atoms with Gasteiger partial charge < -0.3 is 3.55 Å². The molecule has 0 aliphatic carbocycles. The van der Waals surface area contributed by atoms with E-state index in [1.54, 1.807) is 0 Å². The van der Waals surface area contributed by atoms with Crippen LogP contribution in [0.1, 0.15) is 0 Å². The van der Waals surface area contributed by atoms with Gasteiger partial charge in [0.25, 0.3) is 0 Å². The molecule has 1 aromatic heterocycles. The molecular formula is C18H11AlIN. The van der Waals surface area contributed by atoms with Crippen LogP contribution in [0.5, 0.6) is 0 Å². The molecule has 3 heteroatoms. The number of hydrogen-bond acceptors (Lipinski definition) is 0. The van der Waals surface area contributed by atoms with E-state index in [1.165, 1.54) is 36.5 Å². The summed E-state index contributed by atoms with van der Waals surface area (Å²) in [6, 6.07) is 23.9. The first-order valence-electron chi connectivity index (χ1n) is 6.78. The predicted octanol–water partition coefficient (Wildman–Crippen LogP) is 5.00. The lowest BCUT2D eigenvalue weighted by atomic mass is 10.0. The Labute approximate surface area is 145 Å². The zero-order chi connectivity index (χ0) is 14.4. The van der Waals surface area contributed by atoms with E-state index in [4.69, 9.17) is 0 Å². The average molecular weight is 395 g/mol. The van der Waals surface area contributed by atoms with E-state index < -0.39 is 0 Å². The quantitative estimate of drug-likeness (QED) is 0.316. The number of halogens is 1. The standard InChI is InChI=1S/C18H11IN.Al/c19-14-5-3-4-12(10-14)13-8-9-18-16(11-13)15-6-1-2-7-17(15)20-18;/h1-11H;/q-1;+1. The van der Waals surface area contributed by atoms with Crippen LogP contribution in [0.3, 0.4) is 0 Å². The molecule has 4 rings (SSSR count). The fourth-order valence-electron chi connectivity index (χ4n) is 2.85. The monoisotopic (exact) mass is 395 g/mol. The first-order valence-corrected chi connectivity index (χ1v) is 8.38. The van der Waals surface area contributed by atoms with Crippen molar-refractivity contribution in [1.29, 1.82) is 0 Å². The van der Waals surface area contributed by atoms with Gasteiger partial charge in [-0.2, -0.15) is 0 Å². The molecule has 0 atom stereocenters. The summed E-state index contributed by atoms with van der Waals surface area (Å²) >= 11 is 5.17. The van der Waals surface area contributed by atoms with Gasteiger partial charge in [-0.1, -0.05) is 36.4 Å².